The SMILES string of the molecule is CN(C)c1ccc(NC(=O)c2cccnc2Cl)cn1. The van der Waals surface area contributed by atoms with Gasteiger partial charge in [-0.1, -0.05) is 11.6 Å². The zero-order chi connectivity index (χ0) is 13.8. The van der Waals surface area contributed by atoms with Crippen LogP contribution in [0, 0.1) is 0 Å². The van der Waals surface area contributed by atoms with Crippen LogP contribution in [-0.2, 0) is 0 Å². The Morgan fingerprint density at radius 2 is 2.05 bits per heavy atom. The number of aromatic nitrogens is 2. The molecule has 2 aromatic rings. The lowest BCUT2D eigenvalue weighted by Crippen LogP contribution is -2.14. The molecule has 0 radical (unpaired) electrons. The van der Waals surface area contributed by atoms with Crippen molar-refractivity contribution in [2.24, 2.45) is 0 Å². The Balaban J connectivity index is 2.13. The second kappa shape index (κ2) is 5.67. The van der Waals surface area contributed by atoms with Crippen molar-refractivity contribution in [1.82, 2.24) is 9.97 Å². The topological polar surface area (TPSA) is 58.1 Å². The van der Waals surface area contributed by atoms with E-state index < -0.39 is 0 Å². The third-order valence-corrected chi connectivity index (χ3v) is 2.77. The lowest BCUT2D eigenvalue weighted by Gasteiger charge is -2.11. The summed E-state index contributed by atoms with van der Waals surface area (Å²) in [4.78, 5) is 21.9. The van der Waals surface area contributed by atoms with Gasteiger partial charge in [-0.15, -0.1) is 0 Å². The Labute approximate surface area is 116 Å². The number of rotatable bonds is 3. The van der Waals surface area contributed by atoms with E-state index in [1.54, 1.807) is 24.4 Å². The average Bonchev–Trinajstić information content (AvgIpc) is 2.39. The molecule has 0 saturated heterocycles. The first-order valence-corrected chi connectivity index (χ1v) is 6.01. The fourth-order valence-electron chi connectivity index (χ4n) is 1.48. The van der Waals surface area contributed by atoms with Crippen molar-refractivity contribution < 1.29 is 4.79 Å². The quantitative estimate of drug-likeness (QED) is 0.875. The van der Waals surface area contributed by atoms with Gasteiger partial charge in [0.05, 0.1) is 17.4 Å². The number of pyridine rings is 2. The van der Waals surface area contributed by atoms with Crippen molar-refractivity contribution in [2.75, 3.05) is 24.3 Å². The molecule has 2 aromatic heterocycles. The molecule has 19 heavy (non-hydrogen) atoms. The van der Waals surface area contributed by atoms with E-state index in [4.69, 9.17) is 11.6 Å². The standard InChI is InChI=1S/C13H13ClN4O/c1-18(2)11-6-5-9(8-16-11)17-13(19)10-4-3-7-15-12(10)14/h3-8H,1-2H3,(H,17,19). The fraction of sp³-hybridized carbons (Fsp3) is 0.154. The van der Waals surface area contributed by atoms with Crippen molar-refractivity contribution >= 4 is 29.0 Å². The van der Waals surface area contributed by atoms with Crippen molar-refractivity contribution in [3.05, 3.63) is 47.4 Å². The zero-order valence-electron chi connectivity index (χ0n) is 10.6. The van der Waals surface area contributed by atoms with Gasteiger partial charge in [-0.25, -0.2) is 9.97 Å². The Hall–Kier alpha value is -2.14. The van der Waals surface area contributed by atoms with Gasteiger partial charge in [0.25, 0.3) is 5.91 Å². The van der Waals surface area contributed by atoms with Gasteiger partial charge in [0.2, 0.25) is 0 Å². The van der Waals surface area contributed by atoms with Crippen LogP contribution in [0.4, 0.5) is 11.5 Å². The first-order valence-electron chi connectivity index (χ1n) is 5.63. The summed E-state index contributed by atoms with van der Waals surface area (Å²) in [6.07, 6.45) is 3.13. The molecule has 0 fully saturated rings. The lowest BCUT2D eigenvalue weighted by atomic mass is 10.2. The number of hydrogen-bond acceptors (Lipinski definition) is 4. The Morgan fingerprint density at radius 3 is 2.63 bits per heavy atom. The van der Waals surface area contributed by atoms with Crippen LogP contribution in [0.2, 0.25) is 5.15 Å². The monoisotopic (exact) mass is 276 g/mol. The van der Waals surface area contributed by atoms with Crippen LogP contribution in [0.5, 0.6) is 0 Å². The molecule has 0 aliphatic heterocycles. The molecule has 2 heterocycles. The van der Waals surface area contributed by atoms with Gasteiger partial charge in [-0.3, -0.25) is 4.79 Å². The number of amides is 1. The highest BCUT2D eigenvalue weighted by Crippen LogP contribution is 2.16. The normalized spacial score (nSPS) is 10.1. The van der Waals surface area contributed by atoms with Crippen molar-refractivity contribution in [2.45, 2.75) is 0 Å². The minimum Gasteiger partial charge on any atom is -0.363 e. The molecule has 98 valence electrons. The molecule has 1 amide bonds. The van der Waals surface area contributed by atoms with Gasteiger partial charge >= 0.3 is 0 Å². The van der Waals surface area contributed by atoms with E-state index in [9.17, 15) is 4.79 Å². The molecule has 0 bridgehead atoms. The first kappa shape index (κ1) is 13.3. The molecule has 0 unspecified atom stereocenters. The van der Waals surface area contributed by atoms with Gasteiger partial charge in [0, 0.05) is 20.3 Å². The molecule has 1 N–H and O–H groups in total. The van der Waals surface area contributed by atoms with Crippen LogP contribution >= 0.6 is 11.6 Å². The average molecular weight is 277 g/mol. The fourth-order valence-corrected chi connectivity index (χ4v) is 1.68. The molecular weight excluding hydrogens is 264 g/mol. The second-order valence-corrected chi connectivity index (χ2v) is 4.45. The molecular formula is C13H13ClN4O. The Morgan fingerprint density at radius 1 is 1.26 bits per heavy atom. The van der Waals surface area contributed by atoms with Crippen LogP contribution in [0.25, 0.3) is 0 Å². The molecule has 0 spiro atoms. The number of carbonyl (C=O) groups is 1. The molecule has 0 aromatic carbocycles. The van der Waals surface area contributed by atoms with Gasteiger partial charge in [-0.2, -0.15) is 0 Å². The summed E-state index contributed by atoms with van der Waals surface area (Å²) in [7, 11) is 3.80. The van der Waals surface area contributed by atoms with E-state index in [0.717, 1.165) is 5.82 Å². The maximum atomic E-state index is 12.0. The van der Waals surface area contributed by atoms with Crippen LogP contribution < -0.4 is 10.2 Å². The number of nitrogens with zero attached hydrogens (tertiary/aromatic N) is 3. The predicted molar refractivity (Wildman–Crippen MR) is 75.8 cm³/mol. The highest BCUT2D eigenvalue weighted by Gasteiger charge is 2.11. The highest BCUT2D eigenvalue weighted by molar-refractivity contribution is 6.33. The molecule has 2 rings (SSSR count). The van der Waals surface area contributed by atoms with E-state index >= 15 is 0 Å². The first-order chi connectivity index (χ1) is 9.08. The minimum atomic E-state index is -0.308. The molecule has 5 nitrogen and oxygen atoms in total. The summed E-state index contributed by atoms with van der Waals surface area (Å²) >= 11 is 5.86. The Bertz CT molecular complexity index is 583. The minimum absolute atomic E-state index is 0.179. The number of carbonyl (C=O) groups excluding carboxylic acids is 1. The van der Waals surface area contributed by atoms with Crippen LogP contribution in [0.1, 0.15) is 10.4 Å². The van der Waals surface area contributed by atoms with E-state index in [2.05, 4.69) is 15.3 Å². The van der Waals surface area contributed by atoms with Gasteiger partial charge in [0.15, 0.2) is 0 Å². The van der Waals surface area contributed by atoms with Crippen LogP contribution in [0.15, 0.2) is 36.7 Å². The van der Waals surface area contributed by atoms with E-state index in [1.807, 2.05) is 25.1 Å². The third kappa shape index (κ3) is 3.20. The number of halogens is 1. The Kier molecular flexibility index (Phi) is 3.97. The lowest BCUT2D eigenvalue weighted by molar-refractivity contribution is 0.102. The smallest absolute Gasteiger partial charge is 0.258 e. The van der Waals surface area contributed by atoms with Crippen LogP contribution in [-0.4, -0.2) is 30.0 Å². The maximum Gasteiger partial charge on any atom is 0.258 e. The van der Waals surface area contributed by atoms with Gasteiger partial charge in [0.1, 0.15) is 11.0 Å². The zero-order valence-corrected chi connectivity index (χ0v) is 11.3. The molecule has 0 saturated carbocycles. The predicted octanol–water partition coefficient (Wildman–Crippen LogP) is 2.45. The molecule has 0 atom stereocenters. The van der Waals surface area contributed by atoms with E-state index in [-0.39, 0.29) is 11.1 Å². The van der Waals surface area contributed by atoms with Gasteiger partial charge < -0.3 is 10.2 Å². The van der Waals surface area contributed by atoms with E-state index in [1.165, 1.54) is 6.20 Å². The summed E-state index contributed by atoms with van der Waals surface area (Å²) in [6, 6.07) is 6.88. The molecule has 0 aliphatic rings. The van der Waals surface area contributed by atoms with Crippen LogP contribution in [0.3, 0.4) is 0 Å². The molecule has 0 aliphatic carbocycles. The van der Waals surface area contributed by atoms with E-state index in [0.29, 0.717) is 11.3 Å². The highest BCUT2D eigenvalue weighted by atomic mass is 35.5. The third-order valence-electron chi connectivity index (χ3n) is 2.47. The summed E-state index contributed by atoms with van der Waals surface area (Å²) in [5.74, 6) is 0.509. The maximum absolute atomic E-state index is 12.0. The summed E-state index contributed by atoms with van der Waals surface area (Å²) < 4.78 is 0. The van der Waals surface area contributed by atoms with Crippen molar-refractivity contribution in [3.63, 3.8) is 0 Å². The number of hydrogen-bond donors (Lipinski definition) is 1. The second-order valence-electron chi connectivity index (χ2n) is 4.10. The number of nitrogens with one attached hydrogen (secondary N) is 1. The largest absolute Gasteiger partial charge is 0.363 e. The molecule has 6 heteroatoms. The number of anilines is 2. The summed E-state index contributed by atoms with van der Waals surface area (Å²) in [6.45, 7) is 0. The van der Waals surface area contributed by atoms with Crippen molar-refractivity contribution in [3.8, 4) is 0 Å². The van der Waals surface area contributed by atoms with Gasteiger partial charge in [-0.05, 0) is 24.3 Å². The summed E-state index contributed by atoms with van der Waals surface area (Å²) in [5, 5.41) is 2.90. The van der Waals surface area contributed by atoms with Crippen molar-refractivity contribution in [1.29, 1.82) is 0 Å². The summed E-state index contributed by atoms with van der Waals surface area (Å²) in [5.41, 5.74) is 0.941.